The summed E-state index contributed by atoms with van der Waals surface area (Å²) >= 11 is 0. The minimum atomic E-state index is -1.56. The van der Waals surface area contributed by atoms with E-state index in [1.807, 2.05) is 60.7 Å². The summed E-state index contributed by atoms with van der Waals surface area (Å²) in [7, 11) is 2.23. The first-order valence-electron chi connectivity index (χ1n) is 14.1. The van der Waals surface area contributed by atoms with Crippen molar-refractivity contribution >= 4 is 5.97 Å². The molecule has 5 rings (SSSR count). The maximum Gasteiger partial charge on any atom is 0.343 e. The molecule has 3 aromatic carbocycles. The van der Waals surface area contributed by atoms with Gasteiger partial charge in [-0.1, -0.05) is 85.6 Å². The molecule has 0 bridgehead atoms. The summed E-state index contributed by atoms with van der Waals surface area (Å²) in [4.78, 5) is 13.5. The number of benzene rings is 3. The van der Waals surface area contributed by atoms with E-state index in [0.717, 1.165) is 68.4 Å². The van der Waals surface area contributed by atoms with Crippen molar-refractivity contribution in [1.29, 1.82) is 0 Å². The number of likely N-dealkylation sites (N-methyl/N-ethyl adjacent to an activating group) is 1. The van der Waals surface area contributed by atoms with Crippen LogP contribution in [0.4, 0.5) is 0 Å². The number of aliphatic hydroxyl groups is 1. The first-order valence-corrected chi connectivity index (χ1v) is 14.1. The van der Waals surface area contributed by atoms with Crippen molar-refractivity contribution in [2.45, 2.75) is 50.2 Å². The number of carbonyl (C=O) groups is 1. The number of hydrogen-bond donors (Lipinski definition) is 1. The Balaban J connectivity index is 1.11. The molecule has 5 heteroatoms. The number of likely N-dealkylation sites (tertiary alicyclic amines) is 1. The maximum absolute atomic E-state index is 13.5. The Morgan fingerprint density at radius 2 is 1.53 bits per heavy atom. The Hall–Kier alpha value is -3.15. The molecule has 0 aromatic heterocycles. The molecule has 38 heavy (non-hydrogen) atoms. The summed E-state index contributed by atoms with van der Waals surface area (Å²) in [6.45, 7) is 3.34. The zero-order valence-electron chi connectivity index (χ0n) is 22.4. The molecule has 0 spiro atoms. The second-order valence-corrected chi connectivity index (χ2v) is 11.3. The van der Waals surface area contributed by atoms with Crippen LogP contribution in [0.25, 0.3) is 11.1 Å². The van der Waals surface area contributed by atoms with Crippen LogP contribution in [0, 0.1) is 5.92 Å². The molecule has 1 saturated carbocycles. The standard InChI is InChI=1S/C33H40NO4/c1-34(22-10-24-37-30-19-17-27(18-20-30)26-11-4-2-5-12-26)23-21-31(25-34)38-32(35)33(36,29-15-8-9-16-29)28-13-6-3-7-14-28/h2-7,11-14,17-20,29,31,36H,8-10,15-16,21-25H2,1H3/q+1/t31?,33-,34?/m0/s1. The van der Waals surface area contributed by atoms with Crippen molar-refractivity contribution < 1.29 is 23.9 Å². The number of carbonyl (C=O) groups excluding carboxylic acids is 1. The Labute approximate surface area is 226 Å². The van der Waals surface area contributed by atoms with Gasteiger partial charge in [0.2, 0.25) is 0 Å². The fourth-order valence-electron chi connectivity index (χ4n) is 6.24. The van der Waals surface area contributed by atoms with Crippen molar-refractivity contribution in [3.05, 3.63) is 90.5 Å². The van der Waals surface area contributed by atoms with Gasteiger partial charge in [-0.15, -0.1) is 0 Å². The second-order valence-electron chi connectivity index (χ2n) is 11.3. The molecule has 0 radical (unpaired) electrons. The molecule has 1 saturated heterocycles. The van der Waals surface area contributed by atoms with Gasteiger partial charge in [-0.3, -0.25) is 0 Å². The van der Waals surface area contributed by atoms with E-state index in [0.29, 0.717) is 12.2 Å². The fraction of sp³-hybridized carbons (Fsp3) is 0.424. The van der Waals surface area contributed by atoms with Gasteiger partial charge in [0.1, 0.15) is 12.3 Å². The number of rotatable bonds is 10. The van der Waals surface area contributed by atoms with Crippen LogP contribution in [0.1, 0.15) is 44.1 Å². The zero-order valence-corrected chi connectivity index (χ0v) is 22.4. The second kappa shape index (κ2) is 11.7. The van der Waals surface area contributed by atoms with E-state index in [4.69, 9.17) is 9.47 Å². The summed E-state index contributed by atoms with van der Waals surface area (Å²) in [5.41, 5.74) is 1.47. The van der Waals surface area contributed by atoms with Crippen molar-refractivity contribution in [2.75, 3.05) is 33.3 Å². The van der Waals surface area contributed by atoms with Gasteiger partial charge in [-0.25, -0.2) is 4.79 Å². The normalized spacial score (nSPS) is 23.2. The molecular formula is C33H40NO4+. The lowest BCUT2D eigenvalue weighted by atomic mass is 9.80. The highest BCUT2D eigenvalue weighted by molar-refractivity contribution is 5.81. The molecule has 3 aromatic rings. The molecule has 1 aliphatic heterocycles. The summed E-state index contributed by atoms with van der Waals surface area (Å²) in [6.07, 6.45) is 5.38. The van der Waals surface area contributed by atoms with Gasteiger partial charge in [-0.05, 0) is 41.7 Å². The van der Waals surface area contributed by atoms with E-state index in [9.17, 15) is 9.90 Å². The van der Waals surface area contributed by atoms with E-state index in [2.05, 4.69) is 31.3 Å². The molecule has 2 unspecified atom stereocenters. The van der Waals surface area contributed by atoms with Gasteiger partial charge < -0.3 is 19.1 Å². The Kier molecular flexibility index (Phi) is 8.15. The zero-order chi connectivity index (χ0) is 26.4. The minimum absolute atomic E-state index is 0.0846. The van der Waals surface area contributed by atoms with Gasteiger partial charge >= 0.3 is 5.97 Å². The monoisotopic (exact) mass is 514 g/mol. The predicted molar refractivity (Wildman–Crippen MR) is 150 cm³/mol. The van der Waals surface area contributed by atoms with Crippen LogP contribution in [0.3, 0.4) is 0 Å². The molecule has 1 aliphatic carbocycles. The van der Waals surface area contributed by atoms with Crippen LogP contribution in [0.5, 0.6) is 5.75 Å². The van der Waals surface area contributed by atoms with Crippen LogP contribution in [0.2, 0.25) is 0 Å². The largest absolute Gasteiger partial charge is 0.493 e. The molecule has 1 N–H and O–H groups in total. The lowest BCUT2D eigenvalue weighted by Gasteiger charge is -2.33. The smallest absolute Gasteiger partial charge is 0.343 e. The third-order valence-corrected chi connectivity index (χ3v) is 8.45. The lowest BCUT2D eigenvalue weighted by Crippen LogP contribution is -2.47. The number of quaternary nitrogens is 1. The average molecular weight is 515 g/mol. The number of nitrogens with zero attached hydrogens (tertiary/aromatic N) is 1. The third kappa shape index (κ3) is 5.95. The van der Waals surface area contributed by atoms with Crippen molar-refractivity contribution in [1.82, 2.24) is 0 Å². The van der Waals surface area contributed by atoms with E-state index in [1.165, 1.54) is 11.1 Å². The highest BCUT2D eigenvalue weighted by Gasteiger charge is 2.49. The summed E-state index contributed by atoms with van der Waals surface area (Å²) in [5.74, 6) is 0.322. The predicted octanol–water partition coefficient (Wildman–Crippen LogP) is 5.96. The van der Waals surface area contributed by atoms with Crippen LogP contribution in [-0.2, 0) is 15.1 Å². The van der Waals surface area contributed by atoms with Crippen LogP contribution in [-0.4, -0.2) is 55.0 Å². The maximum atomic E-state index is 13.5. The number of hydrogen-bond acceptors (Lipinski definition) is 4. The SMILES string of the molecule is C[N+]1(CCCOc2ccc(-c3ccccc3)cc2)CCC(OC(=O)[C@](O)(c2ccccc2)C2CCCC2)C1. The molecular weight excluding hydrogens is 474 g/mol. The van der Waals surface area contributed by atoms with E-state index in [1.54, 1.807) is 0 Å². The van der Waals surface area contributed by atoms with E-state index < -0.39 is 11.6 Å². The molecule has 1 heterocycles. The average Bonchev–Trinajstić information content (AvgIpc) is 3.63. The number of ether oxygens (including phenoxy) is 2. The first-order chi connectivity index (χ1) is 18.5. The summed E-state index contributed by atoms with van der Waals surface area (Å²) < 4.78 is 12.9. The molecule has 5 nitrogen and oxygen atoms in total. The van der Waals surface area contributed by atoms with Gasteiger partial charge in [0.15, 0.2) is 11.7 Å². The Bertz CT molecular complexity index is 1180. The van der Waals surface area contributed by atoms with Crippen molar-refractivity contribution in [3.63, 3.8) is 0 Å². The Morgan fingerprint density at radius 1 is 0.895 bits per heavy atom. The molecule has 2 aliphatic rings. The highest BCUT2D eigenvalue weighted by Crippen LogP contribution is 2.42. The van der Waals surface area contributed by atoms with Crippen molar-refractivity contribution in [3.8, 4) is 16.9 Å². The quantitative estimate of drug-likeness (QED) is 0.206. The minimum Gasteiger partial charge on any atom is -0.493 e. The third-order valence-electron chi connectivity index (χ3n) is 8.45. The summed E-state index contributed by atoms with van der Waals surface area (Å²) in [6, 6.07) is 28.0. The van der Waals surface area contributed by atoms with Crippen LogP contribution in [0.15, 0.2) is 84.9 Å². The molecule has 200 valence electrons. The first kappa shape index (κ1) is 26.5. The van der Waals surface area contributed by atoms with Crippen LogP contribution < -0.4 is 4.74 Å². The van der Waals surface area contributed by atoms with Gasteiger partial charge in [0.25, 0.3) is 0 Å². The van der Waals surface area contributed by atoms with Gasteiger partial charge in [-0.2, -0.15) is 0 Å². The summed E-state index contributed by atoms with van der Waals surface area (Å²) in [5, 5.41) is 11.7. The molecule has 2 fully saturated rings. The van der Waals surface area contributed by atoms with Crippen LogP contribution >= 0.6 is 0 Å². The number of esters is 1. The van der Waals surface area contributed by atoms with E-state index in [-0.39, 0.29) is 12.0 Å². The fourth-order valence-corrected chi connectivity index (χ4v) is 6.24. The van der Waals surface area contributed by atoms with Crippen molar-refractivity contribution in [2.24, 2.45) is 5.92 Å². The highest BCUT2D eigenvalue weighted by atomic mass is 16.6. The van der Waals surface area contributed by atoms with Gasteiger partial charge in [0.05, 0.1) is 26.7 Å². The molecule has 3 atom stereocenters. The Morgan fingerprint density at radius 3 is 2.21 bits per heavy atom. The van der Waals surface area contributed by atoms with Gasteiger partial charge in [0, 0.05) is 18.8 Å². The lowest BCUT2D eigenvalue weighted by molar-refractivity contribution is -0.899. The topological polar surface area (TPSA) is 55.8 Å². The molecule has 0 amide bonds. The van der Waals surface area contributed by atoms with E-state index >= 15 is 0 Å².